The SMILES string of the molecule is CN(C)C(=[NH+][O-])c1ccccc1. The van der Waals surface area contributed by atoms with E-state index in [0.717, 1.165) is 5.56 Å². The summed E-state index contributed by atoms with van der Waals surface area (Å²) in [4.78, 5) is 1.75. The van der Waals surface area contributed by atoms with Gasteiger partial charge < -0.3 is 5.21 Å². The molecule has 0 unspecified atom stereocenters. The first-order valence-electron chi connectivity index (χ1n) is 3.73. The first-order valence-corrected chi connectivity index (χ1v) is 3.73. The average Bonchev–Trinajstić information content (AvgIpc) is 2.07. The van der Waals surface area contributed by atoms with Crippen LogP contribution in [0.25, 0.3) is 0 Å². The van der Waals surface area contributed by atoms with Gasteiger partial charge in [0.1, 0.15) is 0 Å². The fourth-order valence-corrected chi connectivity index (χ4v) is 1.00. The molecule has 0 aliphatic rings. The van der Waals surface area contributed by atoms with Crippen molar-refractivity contribution >= 4 is 5.84 Å². The van der Waals surface area contributed by atoms with E-state index in [4.69, 9.17) is 0 Å². The molecule has 3 nitrogen and oxygen atoms in total. The number of nitrogens with one attached hydrogen (secondary N) is 1. The van der Waals surface area contributed by atoms with Gasteiger partial charge in [-0.05, 0) is 12.1 Å². The molecule has 3 heteroatoms. The van der Waals surface area contributed by atoms with Crippen molar-refractivity contribution < 1.29 is 5.16 Å². The third kappa shape index (κ3) is 1.75. The smallest absolute Gasteiger partial charge is 0.279 e. The lowest BCUT2D eigenvalue weighted by atomic mass is 10.2. The highest BCUT2D eigenvalue weighted by molar-refractivity contribution is 5.93. The zero-order valence-electron chi connectivity index (χ0n) is 7.24. The van der Waals surface area contributed by atoms with Crippen LogP contribution < -0.4 is 5.16 Å². The molecule has 0 aliphatic heterocycles. The summed E-state index contributed by atoms with van der Waals surface area (Å²) in [6.45, 7) is 0. The van der Waals surface area contributed by atoms with E-state index in [1.807, 2.05) is 49.6 Å². The second-order valence-corrected chi connectivity index (χ2v) is 2.71. The summed E-state index contributed by atoms with van der Waals surface area (Å²) in [5.74, 6) is 0.579. The number of hydrogen-bond acceptors (Lipinski definition) is 1. The molecule has 1 aromatic rings. The number of nitrogens with zero attached hydrogens (tertiary/aromatic N) is 1. The molecule has 0 radical (unpaired) electrons. The molecular formula is C9H12N2O. The molecule has 0 spiro atoms. The van der Waals surface area contributed by atoms with Gasteiger partial charge in [-0.1, -0.05) is 18.2 Å². The van der Waals surface area contributed by atoms with E-state index in [0.29, 0.717) is 5.84 Å². The lowest BCUT2D eigenvalue weighted by Gasteiger charge is -2.08. The number of amidine groups is 1. The van der Waals surface area contributed by atoms with Gasteiger partial charge in [-0.25, -0.2) is 0 Å². The Hall–Kier alpha value is -1.51. The number of benzene rings is 1. The van der Waals surface area contributed by atoms with Crippen molar-refractivity contribution in [2.24, 2.45) is 0 Å². The maximum atomic E-state index is 10.5. The van der Waals surface area contributed by atoms with E-state index < -0.39 is 0 Å². The summed E-state index contributed by atoms with van der Waals surface area (Å²) >= 11 is 0. The van der Waals surface area contributed by atoms with Gasteiger partial charge in [-0.2, -0.15) is 0 Å². The minimum atomic E-state index is 0.579. The van der Waals surface area contributed by atoms with Crippen LogP contribution in [0.15, 0.2) is 30.3 Å². The van der Waals surface area contributed by atoms with Crippen molar-refractivity contribution in [3.8, 4) is 0 Å². The third-order valence-corrected chi connectivity index (χ3v) is 1.59. The van der Waals surface area contributed by atoms with Crippen LogP contribution in [0.5, 0.6) is 0 Å². The van der Waals surface area contributed by atoms with Crippen molar-refractivity contribution in [1.82, 2.24) is 4.90 Å². The van der Waals surface area contributed by atoms with Crippen molar-refractivity contribution in [3.63, 3.8) is 0 Å². The van der Waals surface area contributed by atoms with Crippen LogP contribution in [0.1, 0.15) is 5.56 Å². The fraction of sp³-hybridized carbons (Fsp3) is 0.222. The van der Waals surface area contributed by atoms with E-state index >= 15 is 0 Å². The lowest BCUT2D eigenvalue weighted by Crippen LogP contribution is -2.69. The Balaban J connectivity index is 2.97. The van der Waals surface area contributed by atoms with Gasteiger partial charge >= 0.3 is 0 Å². The van der Waals surface area contributed by atoms with Crippen LogP contribution in [0.3, 0.4) is 0 Å². The molecule has 0 saturated heterocycles. The molecule has 1 aromatic carbocycles. The second-order valence-electron chi connectivity index (χ2n) is 2.71. The van der Waals surface area contributed by atoms with Crippen LogP contribution in [0.2, 0.25) is 0 Å². The van der Waals surface area contributed by atoms with Crippen molar-refractivity contribution in [1.29, 1.82) is 0 Å². The van der Waals surface area contributed by atoms with Crippen molar-refractivity contribution in [2.75, 3.05) is 14.1 Å². The highest BCUT2D eigenvalue weighted by atomic mass is 16.4. The predicted octanol–water partition coefficient (Wildman–Crippen LogP) is -0.427. The van der Waals surface area contributed by atoms with E-state index in [-0.39, 0.29) is 0 Å². The molecule has 0 heterocycles. The van der Waals surface area contributed by atoms with Gasteiger partial charge in [-0.15, -0.1) is 0 Å². The van der Waals surface area contributed by atoms with Gasteiger partial charge in [0.15, 0.2) is 0 Å². The van der Waals surface area contributed by atoms with Gasteiger partial charge in [0, 0.05) is 0 Å². The summed E-state index contributed by atoms with van der Waals surface area (Å²) in [6, 6.07) is 9.49. The summed E-state index contributed by atoms with van der Waals surface area (Å²) in [5.41, 5.74) is 0.900. The summed E-state index contributed by atoms with van der Waals surface area (Å²) < 4.78 is 0. The van der Waals surface area contributed by atoms with Crippen LogP contribution in [0.4, 0.5) is 0 Å². The molecular weight excluding hydrogens is 152 g/mol. The van der Waals surface area contributed by atoms with Crippen LogP contribution in [0, 0.1) is 5.21 Å². The number of hydrogen-bond donors (Lipinski definition) is 1. The van der Waals surface area contributed by atoms with Gasteiger partial charge in [0.05, 0.1) is 19.7 Å². The topological polar surface area (TPSA) is 40.3 Å². The Morgan fingerprint density at radius 2 is 1.83 bits per heavy atom. The maximum absolute atomic E-state index is 10.5. The summed E-state index contributed by atoms with van der Waals surface area (Å²) in [6.07, 6.45) is 0. The first-order chi connectivity index (χ1) is 5.75. The zero-order valence-corrected chi connectivity index (χ0v) is 7.24. The number of rotatable bonds is 1. The molecule has 0 bridgehead atoms. The quantitative estimate of drug-likeness (QED) is 0.265. The molecule has 64 valence electrons. The Kier molecular flexibility index (Phi) is 2.69. The highest BCUT2D eigenvalue weighted by Gasteiger charge is 2.09. The summed E-state index contributed by atoms with van der Waals surface area (Å²) in [7, 11) is 3.65. The van der Waals surface area contributed by atoms with E-state index in [1.165, 1.54) is 0 Å². The molecule has 0 atom stereocenters. The highest BCUT2D eigenvalue weighted by Crippen LogP contribution is 1.98. The lowest BCUT2D eigenvalue weighted by molar-refractivity contribution is -0.379. The minimum Gasteiger partial charge on any atom is -0.717 e. The van der Waals surface area contributed by atoms with Crippen LogP contribution >= 0.6 is 0 Å². The van der Waals surface area contributed by atoms with E-state index in [9.17, 15) is 5.21 Å². The molecule has 0 amide bonds. The Labute approximate surface area is 71.9 Å². The maximum Gasteiger partial charge on any atom is 0.279 e. The van der Waals surface area contributed by atoms with E-state index in [1.54, 1.807) is 4.90 Å². The second kappa shape index (κ2) is 3.76. The van der Waals surface area contributed by atoms with Gasteiger partial charge in [0.25, 0.3) is 5.84 Å². The average molecular weight is 164 g/mol. The van der Waals surface area contributed by atoms with E-state index in [2.05, 4.69) is 0 Å². The first kappa shape index (κ1) is 8.59. The Bertz CT molecular complexity index is 267. The molecule has 1 rings (SSSR count). The zero-order chi connectivity index (χ0) is 8.97. The molecule has 12 heavy (non-hydrogen) atoms. The molecule has 0 aromatic heterocycles. The molecule has 0 aliphatic carbocycles. The standard InChI is InChI=1S/C9H12N2O/c1-11(2)9(10-12)8-6-4-3-5-7-8/h3-7,10H,1-2H3. The predicted molar refractivity (Wildman–Crippen MR) is 48.6 cm³/mol. The molecule has 1 N–H and O–H groups in total. The van der Waals surface area contributed by atoms with Crippen LogP contribution in [-0.2, 0) is 0 Å². The van der Waals surface area contributed by atoms with Crippen molar-refractivity contribution in [3.05, 3.63) is 41.1 Å². The normalized spacial score (nSPS) is 11.3. The minimum absolute atomic E-state index is 0.579. The van der Waals surface area contributed by atoms with Gasteiger partial charge in [-0.3, -0.25) is 10.1 Å². The molecule has 0 fully saturated rings. The largest absolute Gasteiger partial charge is 0.717 e. The fourth-order valence-electron chi connectivity index (χ4n) is 1.00. The monoisotopic (exact) mass is 164 g/mol. The summed E-state index contributed by atoms with van der Waals surface area (Å²) in [5, 5.41) is 12.5. The van der Waals surface area contributed by atoms with Crippen molar-refractivity contribution in [2.45, 2.75) is 0 Å². The Morgan fingerprint density at radius 3 is 2.25 bits per heavy atom. The van der Waals surface area contributed by atoms with Crippen LogP contribution in [-0.4, -0.2) is 24.8 Å². The molecule has 0 saturated carbocycles. The van der Waals surface area contributed by atoms with Gasteiger partial charge in [0.2, 0.25) is 0 Å². The third-order valence-electron chi connectivity index (χ3n) is 1.59. The Morgan fingerprint density at radius 1 is 1.25 bits per heavy atom.